The van der Waals surface area contributed by atoms with E-state index in [-0.39, 0.29) is 11.7 Å². The highest BCUT2D eigenvalue weighted by molar-refractivity contribution is 5.90. The van der Waals surface area contributed by atoms with Crippen molar-refractivity contribution in [2.24, 2.45) is 0 Å². The molecule has 1 heterocycles. The molecule has 0 saturated heterocycles. The molecule has 0 atom stereocenters. The summed E-state index contributed by atoms with van der Waals surface area (Å²) in [6.07, 6.45) is 4.00. The van der Waals surface area contributed by atoms with Crippen LogP contribution in [0.5, 0.6) is 0 Å². The maximum absolute atomic E-state index is 11.5. The van der Waals surface area contributed by atoms with Gasteiger partial charge in [-0.1, -0.05) is 6.92 Å². The quantitative estimate of drug-likeness (QED) is 0.739. The Morgan fingerprint density at radius 2 is 2.43 bits per heavy atom. The second kappa shape index (κ2) is 3.77. The van der Waals surface area contributed by atoms with E-state index in [2.05, 4.69) is 27.4 Å². The first-order chi connectivity index (χ1) is 6.79. The number of nitrogens with zero attached hydrogens (tertiary/aromatic N) is 2. The lowest BCUT2D eigenvalue weighted by Crippen LogP contribution is -2.26. The van der Waals surface area contributed by atoms with Crippen LogP contribution in [0, 0.1) is 0 Å². The standard InChI is InChI=1S/C9H14N4O/c1-2-3-7-11-8(13-12-7)9(14)10-6-4-5-6/h6H,2-5H2,1H3,(H,10,14)(H,11,12,13). The van der Waals surface area contributed by atoms with Crippen molar-refractivity contribution in [3.05, 3.63) is 11.6 Å². The Kier molecular flexibility index (Phi) is 2.47. The maximum atomic E-state index is 11.5. The predicted octanol–water partition coefficient (Wildman–Crippen LogP) is 0.649. The fraction of sp³-hybridized carbons (Fsp3) is 0.667. The molecule has 1 amide bonds. The molecule has 2 rings (SSSR count). The summed E-state index contributed by atoms with van der Waals surface area (Å²) in [7, 11) is 0. The molecule has 14 heavy (non-hydrogen) atoms. The Labute approximate surface area is 82.3 Å². The molecular weight excluding hydrogens is 180 g/mol. The third-order valence-electron chi connectivity index (χ3n) is 2.13. The van der Waals surface area contributed by atoms with Gasteiger partial charge in [0, 0.05) is 12.5 Å². The van der Waals surface area contributed by atoms with Gasteiger partial charge in [-0.3, -0.25) is 9.89 Å². The third kappa shape index (κ3) is 2.10. The van der Waals surface area contributed by atoms with Gasteiger partial charge in [-0.2, -0.15) is 0 Å². The molecule has 0 unspecified atom stereocenters. The summed E-state index contributed by atoms with van der Waals surface area (Å²) in [5.74, 6) is 0.889. The molecule has 1 aromatic rings. The molecule has 0 bridgehead atoms. The van der Waals surface area contributed by atoms with Crippen molar-refractivity contribution in [2.75, 3.05) is 0 Å². The van der Waals surface area contributed by atoms with Crippen molar-refractivity contribution in [2.45, 2.75) is 38.6 Å². The molecular formula is C9H14N4O. The summed E-state index contributed by atoms with van der Waals surface area (Å²) in [4.78, 5) is 15.6. The van der Waals surface area contributed by atoms with Crippen LogP contribution in [-0.4, -0.2) is 27.1 Å². The third-order valence-corrected chi connectivity index (χ3v) is 2.13. The van der Waals surface area contributed by atoms with Crippen molar-refractivity contribution in [3.8, 4) is 0 Å². The normalized spacial score (nSPS) is 15.5. The molecule has 0 aliphatic heterocycles. The number of amides is 1. The zero-order valence-electron chi connectivity index (χ0n) is 8.21. The minimum Gasteiger partial charge on any atom is -0.347 e. The number of nitrogens with one attached hydrogen (secondary N) is 2. The molecule has 0 aromatic carbocycles. The van der Waals surface area contributed by atoms with Crippen LogP contribution in [0.2, 0.25) is 0 Å². The summed E-state index contributed by atoms with van der Waals surface area (Å²) in [5.41, 5.74) is 0. The number of aromatic amines is 1. The van der Waals surface area contributed by atoms with E-state index in [1.165, 1.54) is 0 Å². The minimum absolute atomic E-state index is 0.161. The predicted molar refractivity (Wildman–Crippen MR) is 50.9 cm³/mol. The van der Waals surface area contributed by atoms with Crippen LogP contribution in [0.1, 0.15) is 42.6 Å². The average Bonchev–Trinajstić information content (AvgIpc) is 2.83. The molecule has 2 N–H and O–H groups in total. The Hall–Kier alpha value is -1.39. The number of carbonyl (C=O) groups excluding carboxylic acids is 1. The van der Waals surface area contributed by atoms with E-state index in [9.17, 15) is 4.79 Å². The number of aryl methyl sites for hydroxylation is 1. The molecule has 5 nitrogen and oxygen atoms in total. The van der Waals surface area contributed by atoms with Crippen LogP contribution in [0.4, 0.5) is 0 Å². The van der Waals surface area contributed by atoms with E-state index in [4.69, 9.17) is 0 Å². The maximum Gasteiger partial charge on any atom is 0.291 e. The van der Waals surface area contributed by atoms with Crippen LogP contribution >= 0.6 is 0 Å². The van der Waals surface area contributed by atoms with Crippen molar-refractivity contribution in [1.29, 1.82) is 0 Å². The van der Waals surface area contributed by atoms with Crippen LogP contribution in [-0.2, 0) is 6.42 Å². The molecule has 1 fully saturated rings. The smallest absolute Gasteiger partial charge is 0.291 e. The van der Waals surface area contributed by atoms with Gasteiger partial charge in [-0.25, -0.2) is 4.98 Å². The van der Waals surface area contributed by atoms with Crippen LogP contribution in [0.15, 0.2) is 0 Å². The molecule has 76 valence electrons. The lowest BCUT2D eigenvalue weighted by Gasteiger charge is -1.96. The van der Waals surface area contributed by atoms with E-state index in [1.807, 2.05) is 0 Å². The SMILES string of the molecule is CCCc1nc(C(=O)NC2CC2)n[nH]1. The summed E-state index contributed by atoms with van der Waals surface area (Å²) >= 11 is 0. The summed E-state index contributed by atoms with van der Waals surface area (Å²) < 4.78 is 0. The Morgan fingerprint density at radius 1 is 1.64 bits per heavy atom. The fourth-order valence-electron chi connectivity index (χ4n) is 1.22. The van der Waals surface area contributed by atoms with Crippen LogP contribution < -0.4 is 5.32 Å². The first-order valence-electron chi connectivity index (χ1n) is 5.01. The number of H-pyrrole nitrogens is 1. The highest BCUT2D eigenvalue weighted by atomic mass is 16.2. The number of carbonyl (C=O) groups is 1. The largest absolute Gasteiger partial charge is 0.347 e. The van der Waals surface area contributed by atoms with Crippen molar-refractivity contribution in [3.63, 3.8) is 0 Å². The van der Waals surface area contributed by atoms with E-state index in [0.29, 0.717) is 6.04 Å². The first-order valence-corrected chi connectivity index (χ1v) is 5.01. The Morgan fingerprint density at radius 3 is 3.07 bits per heavy atom. The second-order valence-electron chi connectivity index (χ2n) is 3.60. The summed E-state index contributed by atoms with van der Waals surface area (Å²) in [6.45, 7) is 2.06. The topological polar surface area (TPSA) is 70.7 Å². The van der Waals surface area contributed by atoms with E-state index < -0.39 is 0 Å². The zero-order valence-corrected chi connectivity index (χ0v) is 8.21. The highest BCUT2D eigenvalue weighted by Gasteiger charge is 2.25. The fourth-order valence-corrected chi connectivity index (χ4v) is 1.22. The highest BCUT2D eigenvalue weighted by Crippen LogP contribution is 2.18. The second-order valence-corrected chi connectivity index (χ2v) is 3.60. The van der Waals surface area contributed by atoms with Gasteiger partial charge < -0.3 is 5.32 Å². The summed E-state index contributed by atoms with van der Waals surface area (Å²) in [5, 5.41) is 9.47. The number of aromatic nitrogens is 3. The minimum atomic E-state index is -0.161. The van der Waals surface area contributed by atoms with Crippen molar-refractivity contribution < 1.29 is 4.79 Å². The van der Waals surface area contributed by atoms with E-state index >= 15 is 0 Å². The zero-order chi connectivity index (χ0) is 9.97. The molecule has 0 spiro atoms. The van der Waals surface area contributed by atoms with Gasteiger partial charge in [-0.05, 0) is 19.3 Å². The van der Waals surface area contributed by atoms with Gasteiger partial charge in [0.1, 0.15) is 5.82 Å². The Balaban J connectivity index is 1.96. The van der Waals surface area contributed by atoms with E-state index in [0.717, 1.165) is 31.5 Å². The Bertz CT molecular complexity index is 329. The van der Waals surface area contributed by atoms with Gasteiger partial charge in [0.25, 0.3) is 5.91 Å². The molecule has 5 heteroatoms. The van der Waals surface area contributed by atoms with Gasteiger partial charge in [0.05, 0.1) is 0 Å². The van der Waals surface area contributed by atoms with Crippen molar-refractivity contribution in [1.82, 2.24) is 20.5 Å². The van der Waals surface area contributed by atoms with Crippen molar-refractivity contribution >= 4 is 5.91 Å². The summed E-state index contributed by atoms with van der Waals surface area (Å²) in [6, 6.07) is 0.357. The van der Waals surface area contributed by atoms with Crippen LogP contribution in [0.3, 0.4) is 0 Å². The monoisotopic (exact) mass is 194 g/mol. The van der Waals surface area contributed by atoms with Gasteiger partial charge in [-0.15, -0.1) is 5.10 Å². The van der Waals surface area contributed by atoms with E-state index in [1.54, 1.807) is 0 Å². The molecule has 1 aliphatic rings. The first kappa shape index (κ1) is 9.18. The molecule has 1 aliphatic carbocycles. The molecule has 0 radical (unpaired) electrons. The van der Waals surface area contributed by atoms with Crippen LogP contribution in [0.25, 0.3) is 0 Å². The molecule has 1 aromatic heterocycles. The number of hydrogen-bond donors (Lipinski definition) is 2. The lowest BCUT2D eigenvalue weighted by atomic mass is 10.3. The van der Waals surface area contributed by atoms with Gasteiger partial charge >= 0.3 is 0 Å². The average molecular weight is 194 g/mol. The van der Waals surface area contributed by atoms with Gasteiger partial charge in [0.2, 0.25) is 5.82 Å². The number of rotatable bonds is 4. The lowest BCUT2D eigenvalue weighted by molar-refractivity contribution is 0.0941. The van der Waals surface area contributed by atoms with Gasteiger partial charge in [0.15, 0.2) is 0 Å². The number of hydrogen-bond acceptors (Lipinski definition) is 3. The molecule has 1 saturated carbocycles.